The predicted molar refractivity (Wildman–Crippen MR) is 63.9 cm³/mol. The lowest BCUT2D eigenvalue weighted by molar-refractivity contribution is 0.108. The highest BCUT2D eigenvalue weighted by molar-refractivity contribution is 7.09. The third kappa shape index (κ3) is 2.38. The maximum atomic E-state index is 5.83. The summed E-state index contributed by atoms with van der Waals surface area (Å²) < 4.78 is 0. The zero-order valence-electron chi connectivity index (χ0n) is 9.22. The van der Waals surface area contributed by atoms with Crippen LogP contribution >= 0.6 is 11.3 Å². The summed E-state index contributed by atoms with van der Waals surface area (Å²) in [5, 5.41) is 3.27. The van der Waals surface area contributed by atoms with Gasteiger partial charge in [-0.25, -0.2) is 4.98 Å². The number of aromatic nitrogens is 1. The highest BCUT2D eigenvalue weighted by atomic mass is 32.1. The SMILES string of the molecule is C[C@@H](c1nccs1)N1CCCC[C@H]1CN. The number of hydrogen-bond acceptors (Lipinski definition) is 4. The molecule has 3 nitrogen and oxygen atoms in total. The molecule has 84 valence electrons. The van der Waals surface area contributed by atoms with Gasteiger partial charge >= 0.3 is 0 Å². The van der Waals surface area contributed by atoms with Gasteiger partial charge in [0.05, 0.1) is 6.04 Å². The summed E-state index contributed by atoms with van der Waals surface area (Å²) in [6.45, 7) is 4.19. The van der Waals surface area contributed by atoms with E-state index >= 15 is 0 Å². The Balaban J connectivity index is 2.07. The topological polar surface area (TPSA) is 42.2 Å². The fourth-order valence-electron chi connectivity index (χ4n) is 2.37. The molecule has 0 spiro atoms. The van der Waals surface area contributed by atoms with Gasteiger partial charge in [0.1, 0.15) is 5.01 Å². The number of piperidine rings is 1. The summed E-state index contributed by atoms with van der Waals surface area (Å²) in [7, 11) is 0. The van der Waals surface area contributed by atoms with E-state index in [1.807, 2.05) is 11.6 Å². The van der Waals surface area contributed by atoms with Crippen molar-refractivity contribution in [2.24, 2.45) is 5.73 Å². The maximum absolute atomic E-state index is 5.83. The largest absolute Gasteiger partial charge is 0.329 e. The number of likely N-dealkylation sites (tertiary alicyclic amines) is 1. The van der Waals surface area contributed by atoms with Crippen LogP contribution in [0, 0.1) is 0 Å². The van der Waals surface area contributed by atoms with Crippen molar-refractivity contribution in [1.29, 1.82) is 0 Å². The standard InChI is InChI=1S/C11H19N3S/c1-9(11-13-5-7-15-11)14-6-3-2-4-10(14)8-12/h5,7,9-10H,2-4,6,8,12H2,1H3/t9-,10-/m0/s1. The molecule has 2 heterocycles. The second kappa shape index (κ2) is 5.05. The lowest BCUT2D eigenvalue weighted by Gasteiger charge is -2.38. The molecule has 0 radical (unpaired) electrons. The van der Waals surface area contributed by atoms with Crippen LogP contribution in [0.15, 0.2) is 11.6 Å². The van der Waals surface area contributed by atoms with Crippen LogP contribution in [-0.2, 0) is 0 Å². The summed E-state index contributed by atoms with van der Waals surface area (Å²) >= 11 is 1.74. The summed E-state index contributed by atoms with van der Waals surface area (Å²) in [5.41, 5.74) is 5.83. The summed E-state index contributed by atoms with van der Waals surface area (Å²) in [4.78, 5) is 6.91. The van der Waals surface area contributed by atoms with Gasteiger partial charge in [-0.15, -0.1) is 11.3 Å². The van der Waals surface area contributed by atoms with Crippen molar-refractivity contribution in [2.75, 3.05) is 13.1 Å². The summed E-state index contributed by atoms with van der Waals surface area (Å²) in [6, 6.07) is 0.983. The van der Waals surface area contributed by atoms with Crippen LogP contribution in [-0.4, -0.2) is 29.0 Å². The van der Waals surface area contributed by atoms with Crippen LogP contribution in [0.1, 0.15) is 37.2 Å². The molecule has 1 aliphatic rings. The van der Waals surface area contributed by atoms with Crippen molar-refractivity contribution < 1.29 is 0 Å². The minimum absolute atomic E-state index is 0.429. The van der Waals surface area contributed by atoms with E-state index in [0.29, 0.717) is 12.1 Å². The Morgan fingerprint density at radius 3 is 3.20 bits per heavy atom. The van der Waals surface area contributed by atoms with E-state index in [1.165, 1.54) is 30.8 Å². The van der Waals surface area contributed by atoms with Crippen LogP contribution in [0.2, 0.25) is 0 Å². The Morgan fingerprint density at radius 1 is 1.67 bits per heavy atom. The first-order chi connectivity index (χ1) is 7.33. The molecule has 2 N–H and O–H groups in total. The Kier molecular flexibility index (Phi) is 3.72. The van der Waals surface area contributed by atoms with E-state index in [9.17, 15) is 0 Å². The van der Waals surface area contributed by atoms with Crippen LogP contribution in [0.4, 0.5) is 0 Å². The molecule has 15 heavy (non-hydrogen) atoms. The fourth-order valence-corrected chi connectivity index (χ4v) is 3.08. The van der Waals surface area contributed by atoms with E-state index in [-0.39, 0.29) is 0 Å². The molecule has 0 amide bonds. The van der Waals surface area contributed by atoms with Gasteiger partial charge in [0, 0.05) is 24.2 Å². The molecule has 0 bridgehead atoms. The number of thiazole rings is 1. The van der Waals surface area contributed by atoms with Crippen molar-refractivity contribution in [1.82, 2.24) is 9.88 Å². The first kappa shape index (κ1) is 11.0. The summed E-state index contributed by atoms with van der Waals surface area (Å²) in [5.74, 6) is 0. The van der Waals surface area contributed by atoms with Gasteiger partial charge < -0.3 is 5.73 Å². The first-order valence-corrected chi connectivity index (χ1v) is 6.56. The normalized spacial score (nSPS) is 25.3. The minimum Gasteiger partial charge on any atom is -0.329 e. The molecule has 1 saturated heterocycles. The van der Waals surface area contributed by atoms with E-state index in [4.69, 9.17) is 5.73 Å². The molecule has 2 atom stereocenters. The average molecular weight is 225 g/mol. The molecule has 1 aromatic rings. The molecule has 0 aliphatic carbocycles. The monoisotopic (exact) mass is 225 g/mol. The second-order valence-corrected chi connectivity index (χ2v) is 5.10. The molecular weight excluding hydrogens is 206 g/mol. The maximum Gasteiger partial charge on any atom is 0.109 e. The summed E-state index contributed by atoms with van der Waals surface area (Å²) in [6.07, 6.45) is 5.75. The number of rotatable bonds is 3. The van der Waals surface area contributed by atoms with Gasteiger partial charge in [-0.1, -0.05) is 6.42 Å². The Hall–Kier alpha value is -0.450. The lowest BCUT2D eigenvalue weighted by atomic mass is 10.0. The lowest BCUT2D eigenvalue weighted by Crippen LogP contribution is -2.45. The van der Waals surface area contributed by atoms with Gasteiger partial charge in [-0.2, -0.15) is 0 Å². The molecule has 0 aromatic carbocycles. The van der Waals surface area contributed by atoms with Crippen LogP contribution in [0.5, 0.6) is 0 Å². The van der Waals surface area contributed by atoms with Crippen molar-refractivity contribution in [3.8, 4) is 0 Å². The highest BCUT2D eigenvalue weighted by Gasteiger charge is 2.27. The molecule has 2 rings (SSSR count). The van der Waals surface area contributed by atoms with Crippen molar-refractivity contribution >= 4 is 11.3 Å². The molecule has 0 saturated carbocycles. The molecule has 0 unspecified atom stereocenters. The molecular formula is C11H19N3S. The zero-order chi connectivity index (χ0) is 10.7. The number of nitrogens with zero attached hydrogens (tertiary/aromatic N) is 2. The first-order valence-electron chi connectivity index (χ1n) is 5.68. The molecule has 1 fully saturated rings. The molecule has 4 heteroatoms. The number of hydrogen-bond donors (Lipinski definition) is 1. The third-order valence-electron chi connectivity index (χ3n) is 3.25. The van der Waals surface area contributed by atoms with Gasteiger partial charge in [-0.3, -0.25) is 4.90 Å². The van der Waals surface area contributed by atoms with Gasteiger partial charge in [0.2, 0.25) is 0 Å². The van der Waals surface area contributed by atoms with E-state index in [0.717, 1.165) is 6.54 Å². The third-order valence-corrected chi connectivity index (χ3v) is 4.20. The van der Waals surface area contributed by atoms with Crippen LogP contribution < -0.4 is 5.73 Å². The van der Waals surface area contributed by atoms with Crippen molar-refractivity contribution in [3.05, 3.63) is 16.6 Å². The highest BCUT2D eigenvalue weighted by Crippen LogP contribution is 2.28. The smallest absolute Gasteiger partial charge is 0.109 e. The quantitative estimate of drug-likeness (QED) is 0.855. The molecule has 1 aromatic heterocycles. The Labute approximate surface area is 95.3 Å². The number of nitrogens with two attached hydrogens (primary N) is 1. The predicted octanol–water partition coefficient (Wildman–Crippen LogP) is 2.02. The fraction of sp³-hybridized carbons (Fsp3) is 0.727. The van der Waals surface area contributed by atoms with E-state index in [2.05, 4.69) is 16.8 Å². The molecule has 1 aliphatic heterocycles. The van der Waals surface area contributed by atoms with Crippen LogP contribution in [0.25, 0.3) is 0 Å². The van der Waals surface area contributed by atoms with Crippen molar-refractivity contribution in [3.63, 3.8) is 0 Å². The zero-order valence-corrected chi connectivity index (χ0v) is 10.0. The van der Waals surface area contributed by atoms with Gasteiger partial charge in [0.15, 0.2) is 0 Å². The van der Waals surface area contributed by atoms with Gasteiger partial charge in [0.25, 0.3) is 0 Å². The van der Waals surface area contributed by atoms with Gasteiger partial charge in [-0.05, 0) is 26.3 Å². The minimum atomic E-state index is 0.429. The van der Waals surface area contributed by atoms with Crippen molar-refractivity contribution in [2.45, 2.75) is 38.3 Å². The Morgan fingerprint density at radius 2 is 2.53 bits per heavy atom. The van der Waals surface area contributed by atoms with Crippen LogP contribution in [0.3, 0.4) is 0 Å². The Bertz CT molecular complexity index is 286. The average Bonchev–Trinajstić information content (AvgIpc) is 2.81. The van der Waals surface area contributed by atoms with E-state index in [1.54, 1.807) is 11.3 Å². The second-order valence-electron chi connectivity index (χ2n) is 4.17. The van der Waals surface area contributed by atoms with E-state index < -0.39 is 0 Å².